The Kier molecular flexibility index (Phi) is 4.77. The average molecular weight is 312 g/mol. The molecule has 1 fully saturated rings. The lowest BCUT2D eigenvalue weighted by Gasteiger charge is -2.25. The van der Waals surface area contributed by atoms with Crippen LogP contribution in [0.25, 0.3) is 0 Å². The highest BCUT2D eigenvalue weighted by molar-refractivity contribution is 5.93. The maximum Gasteiger partial charge on any atom is 0.313 e. The largest absolute Gasteiger partial charge is 0.469 e. The van der Waals surface area contributed by atoms with Gasteiger partial charge in [0.2, 0.25) is 0 Å². The third-order valence-corrected chi connectivity index (χ3v) is 4.02. The smallest absolute Gasteiger partial charge is 0.313 e. The molecule has 1 atom stereocenters. The van der Waals surface area contributed by atoms with E-state index in [-0.39, 0.29) is 30.6 Å². The van der Waals surface area contributed by atoms with E-state index in [9.17, 15) is 14.0 Å². The lowest BCUT2D eigenvalue weighted by molar-refractivity contribution is -0.152. The second-order valence-corrected chi connectivity index (χ2v) is 5.83. The van der Waals surface area contributed by atoms with E-state index in [1.165, 1.54) is 23.0 Å². The number of esters is 1. The molecule has 1 aliphatic heterocycles. The van der Waals surface area contributed by atoms with E-state index < -0.39 is 18.1 Å². The Bertz CT molecular complexity index is 560. The molecule has 1 amide bonds. The topological polar surface area (TPSA) is 77.3 Å². The van der Waals surface area contributed by atoms with Crippen LogP contribution in [0, 0.1) is 5.41 Å². The van der Waals surface area contributed by atoms with E-state index >= 15 is 0 Å². The first kappa shape index (κ1) is 16.4. The Labute approximate surface area is 128 Å². The quantitative estimate of drug-likeness (QED) is 0.764. The molecule has 2 rings (SSSR count). The fourth-order valence-corrected chi connectivity index (χ4v) is 2.70. The molecule has 1 saturated heterocycles. The zero-order chi connectivity index (χ0) is 16.3. The molecular weight excluding hydrogens is 291 g/mol. The number of halogens is 1. The molecule has 8 heteroatoms. The van der Waals surface area contributed by atoms with Gasteiger partial charge in [-0.2, -0.15) is 9.90 Å². The van der Waals surface area contributed by atoms with Crippen LogP contribution in [-0.4, -0.2) is 58.6 Å². The van der Waals surface area contributed by atoms with Crippen LogP contribution in [0.4, 0.5) is 4.39 Å². The molecule has 0 spiro atoms. The predicted molar refractivity (Wildman–Crippen MR) is 76.0 cm³/mol. The normalized spacial score (nSPS) is 21.4. The first-order valence-corrected chi connectivity index (χ1v) is 7.29. The summed E-state index contributed by atoms with van der Waals surface area (Å²) in [6.45, 7) is 3.72. The SMILES string of the molecule is COC(=O)C1(CCF)CCN(C(=O)c2cnn(C(C)C)n2)C1. The Morgan fingerprint density at radius 1 is 1.50 bits per heavy atom. The Morgan fingerprint density at radius 3 is 2.77 bits per heavy atom. The van der Waals surface area contributed by atoms with Gasteiger partial charge in [0.1, 0.15) is 0 Å². The fraction of sp³-hybridized carbons (Fsp3) is 0.714. The highest BCUT2D eigenvalue weighted by Crippen LogP contribution is 2.36. The van der Waals surface area contributed by atoms with E-state index in [0.29, 0.717) is 13.0 Å². The Balaban J connectivity index is 2.13. The van der Waals surface area contributed by atoms with Gasteiger partial charge in [0.25, 0.3) is 5.91 Å². The number of methoxy groups -OCH3 is 1. The minimum Gasteiger partial charge on any atom is -0.469 e. The minimum absolute atomic E-state index is 0.0563. The van der Waals surface area contributed by atoms with Crippen LogP contribution in [0.1, 0.15) is 43.2 Å². The van der Waals surface area contributed by atoms with Crippen LogP contribution in [0.15, 0.2) is 6.20 Å². The van der Waals surface area contributed by atoms with Crippen molar-refractivity contribution in [1.82, 2.24) is 19.9 Å². The highest BCUT2D eigenvalue weighted by atomic mass is 19.1. The first-order valence-electron chi connectivity index (χ1n) is 7.29. The summed E-state index contributed by atoms with van der Waals surface area (Å²) in [6, 6.07) is 0.0563. The van der Waals surface area contributed by atoms with Gasteiger partial charge >= 0.3 is 5.97 Å². The van der Waals surface area contributed by atoms with E-state index in [2.05, 4.69) is 10.2 Å². The molecule has 0 saturated carbocycles. The van der Waals surface area contributed by atoms with Crippen LogP contribution < -0.4 is 0 Å². The summed E-state index contributed by atoms with van der Waals surface area (Å²) in [7, 11) is 1.28. The third kappa shape index (κ3) is 2.95. The highest BCUT2D eigenvalue weighted by Gasteiger charge is 2.47. The van der Waals surface area contributed by atoms with Crippen molar-refractivity contribution in [3.63, 3.8) is 0 Å². The summed E-state index contributed by atoms with van der Waals surface area (Å²) in [5.41, 5.74) is -0.720. The zero-order valence-corrected chi connectivity index (χ0v) is 13.1. The van der Waals surface area contributed by atoms with Crippen LogP contribution in [-0.2, 0) is 9.53 Å². The van der Waals surface area contributed by atoms with Crippen molar-refractivity contribution >= 4 is 11.9 Å². The van der Waals surface area contributed by atoms with Crippen molar-refractivity contribution in [3.05, 3.63) is 11.9 Å². The van der Waals surface area contributed by atoms with Gasteiger partial charge in [-0.1, -0.05) is 0 Å². The number of rotatable bonds is 5. The van der Waals surface area contributed by atoms with Crippen LogP contribution in [0.2, 0.25) is 0 Å². The van der Waals surface area contributed by atoms with Gasteiger partial charge in [0.15, 0.2) is 5.69 Å². The fourth-order valence-electron chi connectivity index (χ4n) is 2.70. The summed E-state index contributed by atoms with van der Waals surface area (Å²) in [6.07, 6.45) is 1.87. The van der Waals surface area contributed by atoms with E-state index in [1.54, 1.807) is 0 Å². The predicted octanol–water partition coefficient (Wildman–Crippen LogP) is 1.22. The molecule has 2 heterocycles. The second kappa shape index (κ2) is 6.41. The minimum atomic E-state index is -0.951. The first-order chi connectivity index (χ1) is 10.4. The van der Waals surface area contributed by atoms with Gasteiger partial charge in [-0.05, 0) is 26.7 Å². The van der Waals surface area contributed by atoms with Gasteiger partial charge in [-0.3, -0.25) is 14.0 Å². The number of hydrogen-bond donors (Lipinski definition) is 0. The van der Waals surface area contributed by atoms with Crippen molar-refractivity contribution < 1.29 is 18.7 Å². The van der Waals surface area contributed by atoms with E-state index in [4.69, 9.17) is 4.74 Å². The number of nitrogens with zero attached hydrogens (tertiary/aromatic N) is 4. The maximum absolute atomic E-state index is 12.8. The van der Waals surface area contributed by atoms with Crippen molar-refractivity contribution in [2.45, 2.75) is 32.7 Å². The number of carbonyl (C=O) groups excluding carboxylic acids is 2. The van der Waals surface area contributed by atoms with Gasteiger partial charge in [0, 0.05) is 13.1 Å². The molecule has 0 N–H and O–H groups in total. The van der Waals surface area contributed by atoms with Crippen molar-refractivity contribution in [2.75, 3.05) is 26.9 Å². The van der Waals surface area contributed by atoms with Crippen LogP contribution in [0.5, 0.6) is 0 Å². The second-order valence-electron chi connectivity index (χ2n) is 5.83. The average Bonchev–Trinajstić information content (AvgIpc) is 3.14. The number of ether oxygens (including phenoxy) is 1. The van der Waals surface area contributed by atoms with Gasteiger partial charge in [0.05, 0.1) is 31.4 Å². The number of alkyl halides is 1. The number of amides is 1. The monoisotopic (exact) mass is 312 g/mol. The maximum atomic E-state index is 12.8. The van der Waals surface area contributed by atoms with E-state index in [1.807, 2.05) is 13.8 Å². The standard InChI is InChI=1S/C14H21FN4O3/c1-10(2)19-16-8-11(17-19)12(20)18-7-5-14(9-18,4-6-15)13(21)22-3/h8,10H,4-7,9H2,1-3H3. The number of likely N-dealkylation sites (tertiary alicyclic amines) is 1. The molecule has 122 valence electrons. The van der Waals surface area contributed by atoms with Gasteiger partial charge < -0.3 is 9.64 Å². The Hall–Kier alpha value is -1.99. The number of hydrogen-bond acceptors (Lipinski definition) is 5. The van der Waals surface area contributed by atoms with Crippen molar-refractivity contribution in [2.24, 2.45) is 5.41 Å². The molecule has 0 radical (unpaired) electrons. The summed E-state index contributed by atoms with van der Waals surface area (Å²) in [5, 5.41) is 8.18. The number of carbonyl (C=O) groups is 2. The molecule has 1 aromatic heterocycles. The Morgan fingerprint density at radius 2 is 2.23 bits per heavy atom. The lowest BCUT2D eigenvalue weighted by Crippen LogP contribution is -2.38. The molecule has 0 bridgehead atoms. The zero-order valence-electron chi connectivity index (χ0n) is 13.1. The number of aromatic nitrogens is 3. The van der Waals surface area contributed by atoms with Crippen molar-refractivity contribution in [1.29, 1.82) is 0 Å². The molecule has 1 aromatic rings. The molecular formula is C14H21FN4O3. The molecule has 0 aliphatic carbocycles. The lowest BCUT2D eigenvalue weighted by atomic mass is 9.84. The summed E-state index contributed by atoms with van der Waals surface area (Å²) < 4.78 is 17.6. The van der Waals surface area contributed by atoms with E-state index in [0.717, 1.165) is 0 Å². The molecule has 1 unspecified atom stereocenters. The van der Waals surface area contributed by atoms with Crippen LogP contribution >= 0.6 is 0 Å². The summed E-state index contributed by atoms with van der Waals surface area (Å²) >= 11 is 0. The van der Waals surface area contributed by atoms with Gasteiger partial charge in [-0.25, -0.2) is 0 Å². The van der Waals surface area contributed by atoms with Crippen molar-refractivity contribution in [3.8, 4) is 0 Å². The summed E-state index contributed by atoms with van der Waals surface area (Å²) in [5.74, 6) is -0.761. The summed E-state index contributed by atoms with van der Waals surface area (Å²) in [4.78, 5) is 27.4. The molecule has 7 nitrogen and oxygen atoms in total. The molecule has 22 heavy (non-hydrogen) atoms. The third-order valence-electron chi connectivity index (χ3n) is 4.02. The van der Waals surface area contributed by atoms with Gasteiger partial charge in [-0.15, -0.1) is 5.10 Å². The van der Waals surface area contributed by atoms with Crippen LogP contribution in [0.3, 0.4) is 0 Å². The molecule has 0 aromatic carbocycles. The molecule has 1 aliphatic rings.